The highest BCUT2D eigenvalue weighted by atomic mass is 32.2. The van der Waals surface area contributed by atoms with E-state index in [1.165, 1.54) is 4.90 Å². The van der Waals surface area contributed by atoms with Crippen LogP contribution < -0.4 is 10.6 Å². The molecule has 160 valence electrons. The highest BCUT2D eigenvalue weighted by molar-refractivity contribution is 7.94. The lowest BCUT2D eigenvalue weighted by atomic mass is 10.0. The lowest BCUT2D eigenvalue weighted by molar-refractivity contribution is -0.137. The molecule has 1 unspecified atom stereocenters. The quantitative estimate of drug-likeness (QED) is 0.671. The zero-order chi connectivity index (χ0) is 22.0. The van der Waals surface area contributed by atoms with E-state index in [1.807, 2.05) is 6.07 Å². The van der Waals surface area contributed by atoms with E-state index in [4.69, 9.17) is 0 Å². The summed E-state index contributed by atoms with van der Waals surface area (Å²) in [4.78, 5) is 50.4. The molecule has 0 saturated carbocycles. The number of hydrogen-bond donors (Lipinski definition) is 2. The fraction of sp³-hybridized carbons (Fsp3) is 0.273. The molecule has 7 nitrogen and oxygen atoms in total. The van der Waals surface area contributed by atoms with Crippen molar-refractivity contribution in [2.24, 2.45) is 0 Å². The fourth-order valence-corrected chi connectivity index (χ4v) is 4.08. The van der Waals surface area contributed by atoms with Crippen molar-refractivity contribution in [3.05, 3.63) is 64.7 Å². The largest absolute Gasteiger partial charge is 0.352 e. The number of carbonyl (C=O) groups excluding carboxylic acids is 4. The van der Waals surface area contributed by atoms with Crippen molar-refractivity contribution >= 4 is 35.8 Å². The van der Waals surface area contributed by atoms with Crippen LogP contribution in [0.2, 0.25) is 0 Å². The minimum absolute atomic E-state index is 0.158. The first kappa shape index (κ1) is 21.0. The molecule has 9 heteroatoms. The summed E-state index contributed by atoms with van der Waals surface area (Å²) in [5.74, 6) is -1.15. The molecule has 1 fully saturated rings. The van der Waals surface area contributed by atoms with Gasteiger partial charge in [-0.15, -0.1) is 0 Å². The summed E-state index contributed by atoms with van der Waals surface area (Å²) in [6, 6.07) is 11.4. The Kier molecular flexibility index (Phi) is 6.03. The Labute approximate surface area is 182 Å². The summed E-state index contributed by atoms with van der Waals surface area (Å²) in [5, 5.41) is 5.13. The number of piperidine rings is 1. The monoisotopic (exact) mass is 441 g/mol. The zero-order valence-corrected chi connectivity index (χ0v) is 17.3. The number of amides is 4. The first-order valence-electron chi connectivity index (χ1n) is 9.85. The van der Waals surface area contributed by atoms with Gasteiger partial charge in [0.25, 0.3) is 5.91 Å². The third-order valence-corrected chi connectivity index (χ3v) is 5.91. The number of halogens is 1. The van der Waals surface area contributed by atoms with Gasteiger partial charge in [-0.1, -0.05) is 24.3 Å². The van der Waals surface area contributed by atoms with Crippen LogP contribution >= 0.6 is 12.1 Å². The van der Waals surface area contributed by atoms with Gasteiger partial charge in [0.2, 0.25) is 17.7 Å². The molecule has 0 spiro atoms. The van der Waals surface area contributed by atoms with Gasteiger partial charge in [-0.25, -0.2) is 0 Å². The van der Waals surface area contributed by atoms with Crippen molar-refractivity contribution < 1.29 is 23.1 Å². The summed E-state index contributed by atoms with van der Waals surface area (Å²) in [6.07, 6.45) is 0.714. The van der Waals surface area contributed by atoms with Crippen LogP contribution in [0.15, 0.2) is 47.4 Å². The molecular weight excluding hydrogens is 421 g/mol. The maximum Gasteiger partial charge on any atom is 0.255 e. The van der Waals surface area contributed by atoms with Crippen molar-refractivity contribution in [2.75, 3.05) is 0 Å². The smallest absolute Gasteiger partial charge is 0.255 e. The topological polar surface area (TPSA) is 95.6 Å². The average Bonchev–Trinajstić information content (AvgIpc) is 3.08. The van der Waals surface area contributed by atoms with Crippen LogP contribution in [-0.4, -0.2) is 34.6 Å². The Morgan fingerprint density at radius 1 is 1.13 bits per heavy atom. The molecule has 31 heavy (non-hydrogen) atoms. The molecule has 1 atom stereocenters. The van der Waals surface area contributed by atoms with Crippen LogP contribution in [0.4, 0.5) is 3.89 Å². The predicted molar refractivity (Wildman–Crippen MR) is 111 cm³/mol. The van der Waals surface area contributed by atoms with E-state index in [0.717, 1.165) is 16.7 Å². The van der Waals surface area contributed by atoms with Gasteiger partial charge in [-0.2, -0.15) is 3.89 Å². The molecule has 2 aliphatic heterocycles. The highest BCUT2D eigenvalue weighted by Crippen LogP contribution is 2.28. The maximum atomic E-state index is 12.7. The lowest BCUT2D eigenvalue weighted by Crippen LogP contribution is -2.52. The summed E-state index contributed by atoms with van der Waals surface area (Å²) >= 11 is 0.158. The lowest BCUT2D eigenvalue weighted by Gasteiger charge is -2.29. The van der Waals surface area contributed by atoms with Gasteiger partial charge in [0, 0.05) is 30.0 Å². The van der Waals surface area contributed by atoms with Crippen LogP contribution in [0.1, 0.15) is 39.9 Å². The van der Waals surface area contributed by atoms with Gasteiger partial charge in [0.05, 0.1) is 18.6 Å². The number of nitrogens with zero attached hydrogens (tertiary/aromatic N) is 1. The van der Waals surface area contributed by atoms with E-state index in [0.29, 0.717) is 30.0 Å². The number of nitrogens with one attached hydrogen (secondary N) is 2. The molecule has 2 heterocycles. The summed E-state index contributed by atoms with van der Waals surface area (Å²) in [6.45, 7) is 0.596. The molecule has 2 aromatic carbocycles. The standard InChI is InChI=1S/C22H20FN3O4S/c23-31-16-4-1-13(2-5-16)10-20(28)24-11-14-3-6-17-15(9-14)12-26(22(17)30)18-7-8-19(27)25-21(18)29/h1-6,9,18H,7-8,10-12H2,(H,24,28)(H,25,27,29). The molecule has 1 saturated heterocycles. The van der Waals surface area contributed by atoms with Crippen molar-refractivity contribution in [3.8, 4) is 0 Å². The second-order valence-electron chi connectivity index (χ2n) is 7.57. The van der Waals surface area contributed by atoms with E-state index in [2.05, 4.69) is 10.6 Å². The summed E-state index contributed by atoms with van der Waals surface area (Å²) in [7, 11) is 0. The molecular formula is C22H20FN3O4S. The third kappa shape index (κ3) is 4.61. The number of benzene rings is 2. The Morgan fingerprint density at radius 3 is 2.58 bits per heavy atom. The molecule has 0 aliphatic carbocycles. The molecule has 2 N–H and O–H groups in total. The normalized spacial score (nSPS) is 18.0. The Morgan fingerprint density at radius 2 is 1.87 bits per heavy atom. The maximum absolute atomic E-state index is 12.7. The van der Waals surface area contributed by atoms with Crippen molar-refractivity contribution in [2.45, 2.75) is 43.3 Å². The first-order valence-corrected chi connectivity index (χ1v) is 10.6. The highest BCUT2D eigenvalue weighted by Gasteiger charge is 2.39. The van der Waals surface area contributed by atoms with E-state index >= 15 is 0 Å². The van der Waals surface area contributed by atoms with Crippen LogP contribution in [-0.2, 0) is 33.9 Å². The van der Waals surface area contributed by atoms with Gasteiger partial charge in [0.1, 0.15) is 6.04 Å². The van der Waals surface area contributed by atoms with Gasteiger partial charge >= 0.3 is 0 Å². The van der Waals surface area contributed by atoms with E-state index < -0.39 is 11.9 Å². The number of rotatable bonds is 6. The van der Waals surface area contributed by atoms with Gasteiger partial charge < -0.3 is 10.2 Å². The predicted octanol–water partition coefficient (Wildman–Crippen LogP) is 2.28. The number of imide groups is 1. The molecule has 4 rings (SSSR count). The average molecular weight is 441 g/mol. The molecule has 2 aromatic rings. The van der Waals surface area contributed by atoms with Crippen molar-refractivity contribution in [1.82, 2.24) is 15.5 Å². The summed E-state index contributed by atoms with van der Waals surface area (Å²) < 4.78 is 12.5. The van der Waals surface area contributed by atoms with Gasteiger partial charge in [0.15, 0.2) is 0 Å². The SMILES string of the molecule is O=C(Cc1ccc(SF)cc1)NCc1ccc2c(c1)CN(C1CCC(=O)NC1=O)C2=O. The van der Waals surface area contributed by atoms with Gasteiger partial charge in [-0.3, -0.25) is 24.5 Å². The Hall–Kier alpha value is -3.20. The second kappa shape index (κ2) is 8.89. The van der Waals surface area contributed by atoms with Gasteiger partial charge in [-0.05, 0) is 41.3 Å². The number of hydrogen-bond acceptors (Lipinski definition) is 5. The molecule has 0 aromatic heterocycles. The third-order valence-electron chi connectivity index (χ3n) is 5.45. The van der Waals surface area contributed by atoms with Crippen LogP contribution in [0.5, 0.6) is 0 Å². The molecule has 2 aliphatic rings. The minimum Gasteiger partial charge on any atom is -0.352 e. The fourth-order valence-electron chi connectivity index (χ4n) is 3.85. The molecule has 0 radical (unpaired) electrons. The number of fused-ring (bicyclic) bond motifs is 1. The Bertz CT molecular complexity index is 1060. The minimum atomic E-state index is -0.650. The Balaban J connectivity index is 1.36. The zero-order valence-electron chi connectivity index (χ0n) is 16.5. The molecule has 4 amide bonds. The first-order chi connectivity index (χ1) is 14.9. The van der Waals surface area contributed by atoms with E-state index in [1.54, 1.807) is 36.4 Å². The van der Waals surface area contributed by atoms with Crippen LogP contribution in [0.25, 0.3) is 0 Å². The second-order valence-corrected chi connectivity index (χ2v) is 8.19. The van der Waals surface area contributed by atoms with E-state index in [-0.39, 0.29) is 42.7 Å². The van der Waals surface area contributed by atoms with Crippen LogP contribution in [0, 0.1) is 0 Å². The van der Waals surface area contributed by atoms with E-state index in [9.17, 15) is 23.1 Å². The summed E-state index contributed by atoms with van der Waals surface area (Å²) in [5.41, 5.74) is 2.95. The van der Waals surface area contributed by atoms with Crippen molar-refractivity contribution in [3.63, 3.8) is 0 Å². The molecule has 0 bridgehead atoms. The number of carbonyl (C=O) groups is 4. The van der Waals surface area contributed by atoms with Crippen LogP contribution in [0.3, 0.4) is 0 Å². The van der Waals surface area contributed by atoms with Crippen molar-refractivity contribution in [1.29, 1.82) is 0 Å².